The third kappa shape index (κ3) is 19.2. The summed E-state index contributed by atoms with van der Waals surface area (Å²) in [5, 5.41) is 30.3. The van der Waals surface area contributed by atoms with Crippen LogP contribution in [-0.4, -0.2) is 86.4 Å². The first-order valence-corrected chi connectivity index (χ1v) is 26.6. The first kappa shape index (κ1) is 60.3. The quantitative estimate of drug-likeness (QED) is 0.0307. The Morgan fingerprint density at radius 2 is 1.09 bits per heavy atom. The van der Waals surface area contributed by atoms with Crippen molar-refractivity contribution in [3.8, 4) is 22.5 Å². The molecule has 18 nitrogen and oxygen atoms in total. The number of carbonyl (C=O) groups is 6. The number of hydroxylamine groups is 2. The van der Waals surface area contributed by atoms with Gasteiger partial charge in [0.15, 0.2) is 10.3 Å². The molecule has 3 amide bonds. The lowest BCUT2D eigenvalue weighted by Gasteiger charge is -2.15. The van der Waals surface area contributed by atoms with Gasteiger partial charge in [-0.1, -0.05) is 152 Å². The smallest absolute Gasteiger partial charge is 0.480 e. The number of thiazole rings is 2. The van der Waals surface area contributed by atoms with Crippen LogP contribution in [0.15, 0.2) is 97.1 Å². The summed E-state index contributed by atoms with van der Waals surface area (Å²) in [5.41, 5.74) is 10.4. The van der Waals surface area contributed by atoms with E-state index in [1.165, 1.54) is 22.7 Å². The summed E-state index contributed by atoms with van der Waals surface area (Å²) >= 11 is 27.3. The topological polar surface area (TPSA) is 262 Å². The lowest BCUT2D eigenvalue weighted by Crippen LogP contribution is -2.45. The zero-order valence-electron chi connectivity index (χ0n) is 41.5. The van der Waals surface area contributed by atoms with Gasteiger partial charge in [-0.05, 0) is 60.1 Å². The first-order valence-electron chi connectivity index (χ1n) is 23.5. The number of aliphatic carboxylic acids is 2. The number of anilines is 2. The summed E-state index contributed by atoms with van der Waals surface area (Å²) in [6.07, 6.45) is -0.103. The molecule has 0 saturated carbocycles. The van der Waals surface area contributed by atoms with Crippen molar-refractivity contribution in [1.29, 1.82) is 0 Å². The number of ether oxygens (including phenoxy) is 2. The minimum Gasteiger partial charge on any atom is -0.480 e. The van der Waals surface area contributed by atoms with Gasteiger partial charge in [0.1, 0.15) is 25.3 Å². The summed E-state index contributed by atoms with van der Waals surface area (Å²) in [4.78, 5) is 84.1. The average molecular weight is 1160 g/mol. The van der Waals surface area contributed by atoms with Crippen LogP contribution in [-0.2, 0) is 59.5 Å². The number of rotatable bonds is 20. The predicted octanol–water partition coefficient (Wildman–Crippen LogP) is 11.6. The number of carboxylic acids is 2. The van der Waals surface area contributed by atoms with Gasteiger partial charge in [-0.15, -0.1) is 22.7 Å². The third-order valence-electron chi connectivity index (χ3n) is 10.4. The normalized spacial score (nSPS) is 12.7. The highest BCUT2D eigenvalue weighted by Crippen LogP contribution is 2.37. The molecule has 1 aliphatic rings. The van der Waals surface area contributed by atoms with E-state index in [2.05, 4.69) is 58.5 Å². The summed E-state index contributed by atoms with van der Waals surface area (Å²) in [6, 6.07) is 26.7. The molecule has 2 atom stereocenters. The van der Waals surface area contributed by atoms with E-state index in [4.69, 9.17) is 66.7 Å². The highest BCUT2D eigenvalue weighted by Gasteiger charge is 2.33. The molecule has 1 aliphatic heterocycles. The Hall–Kier alpha value is -6.52. The van der Waals surface area contributed by atoms with Gasteiger partial charge in [-0.3, -0.25) is 19.2 Å². The lowest BCUT2D eigenvalue weighted by molar-refractivity contribution is -0.177. The monoisotopic (exact) mass is 1160 g/mol. The van der Waals surface area contributed by atoms with E-state index in [9.17, 15) is 33.9 Å². The van der Waals surface area contributed by atoms with Gasteiger partial charge < -0.3 is 41.4 Å². The molecular formula is C52H55Cl4N7O11S2. The molecule has 7 N–H and O–H groups in total. The zero-order valence-corrected chi connectivity index (χ0v) is 46.2. The molecule has 2 unspecified atom stereocenters. The molecule has 7 rings (SSSR count). The molecule has 76 heavy (non-hydrogen) atoms. The number of nitrogens with two attached hydrogens (primary N) is 1. The molecule has 404 valence electrons. The molecule has 0 aliphatic carbocycles. The molecule has 24 heteroatoms. The van der Waals surface area contributed by atoms with Crippen LogP contribution in [0.1, 0.15) is 61.4 Å². The lowest BCUT2D eigenvalue weighted by atomic mass is 10.0. The Kier molecular flexibility index (Phi) is 23.6. The number of carbonyl (C=O) groups excluding carboxylic acids is 4. The van der Waals surface area contributed by atoms with Gasteiger partial charge in [0.25, 0.3) is 11.8 Å². The van der Waals surface area contributed by atoms with Crippen molar-refractivity contribution >= 4 is 115 Å². The SMILES string of the molecule is CC(C)Cc1sc(NCC(N)C(=O)O)nc1-c1ccc(Cl)c(Cl)c1.CC(C)Cc1sc(NCC(NC(=O)OCc2ccccc2)C(=O)O)nc1-c1ccc(Cl)c(Cl)c1.O=C(OCc1ccccc1)ON1C(=O)CCC1=O. The van der Waals surface area contributed by atoms with Gasteiger partial charge in [0.05, 0.1) is 31.5 Å². The van der Waals surface area contributed by atoms with E-state index in [0.29, 0.717) is 47.3 Å². The van der Waals surface area contributed by atoms with Crippen molar-refractivity contribution < 1.29 is 53.3 Å². The van der Waals surface area contributed by atoms with E-state index >= 15 is 0 Å². The largest absolute Gasteiger partial charge is 0.534 e. The van der Waals surface area contributed by atoms with E-state index in [1.54, 1.807) is 48.5 Å². The number of hydrogen-bond donors (Lipinski definition) is 6. The first-order chi connectivity index (χ1) is 36.2. The van der Waals surface area contributed by atoms with Gasteiger partial charge in [-0.25, -0.2) is 24.4 Å². The molecule has 2 aromatic heterocycles. The number of hydrogen-bond acceptors (Lipinski definition) is 16. The van der Waals surface area contributed by atoms with Crippen LogP contribution in [0.25, 0.3) is 22.5 Å². The number of imide groups is 1. The van der Waals surface area contributed by atoms with Crippen LogP contribution in [0.5, 0.6) is 0 Å². The fourth-order valence-electron chi connectivity index (χ4n) is 6.67. The highest BCUT2D eigenvalue weighted by molar-refractivity contribution is 7.16. The maximum Gasteiger partial charge on any atom is 0.534 e. The molecule has 0 spiro atoms. The van der Waals surface area contributed by atoms with Crippen molar-refractivity contribution in [3.63, 3.8) is 0 Å². The van der Waals surface area contributed by atoms with Crippen LogP contribution in [0, 0.1) is 11.8 Å². The van der Waals surface area contributed by atoms with Crippen LogP contribution < -0.4 is 21.7 Å². The number of aromatic nitrogens is 2. The maximum atomic E-state index is 12.1. The number of alkyl carbamates (subject to hydrolysis) is 1. The Bertz CT molecular complexity index is 2930. The summed E-state index contributed by atoms with van der Waals surface area (Å²) in [7, 11) is 0. The predicted molar refractivity (Wildman–Crippen MR) is 295 cm³/mol. The van der Waals surface area contributed by atoms with Crippen LogP contribution >= 0.6 is 69.1 Å². The third-order valence-corrected chi connectivity index (χ3v) is 13.9. The van der Waals surface area contributed by atoms with Gasteiger partial charge in [0.2, 0.25) is 0 Å². The molecule has 3 heterocycles. The van der Waals surface area contributed by atoms with E-state index in [-0.39, 0.29) is 39.1 Å². The van der Waals surface area contributed by atoms with Gasteiger partial charge >= 0.3 is 24.2 Å². The number of amides is 3. The molecule has 1 fully saturated rings. The van der Waals surface area contributed by atoms with E-state index in [1.807, 2.05) is 48.5 Å². The minimum absolute atomic E-state index is 0.0237. The Morgan fingerprint density at radius 3 is 1.51 bits per heavy atom. The van der Waals surface area contributed by atoms with Crippen LogP contribution in [0.2, 0.25) is 20.1 Å². The number of nitrogens with one attached hydrogen (secondary N) is 3. The average Bonchev–Trinajstić information content (AvgIpc) is 4.08. The van der Waals surface area contributed by atoms with E-state index in [0.717, 1.165) is 56.2 Å². The number of halogens is 4. The Labute approximate surface area is 466 Å². The van der Waals surface area contributed by atoms with Gasteiger partial charge in [0, 0.05) is 46.8 Å². The van der Waals surface area contributed by atoms with Crippen molar-refractivity contribution in [2.24, 2.45) is 17.6 Å². The maximum absolute atomic E-state index is 12.1. The zero-order chi connectivity index (χ0) is 55.5. The van der Waals surface area contributed by atoms with E-state index < -0.39 is 48.1 Å². The summed E-state index contributed by atoms with van der Waals surface area (Å²) in [5.74, 6) is -2.45. The van der Waals surface area contributed by atoms with Crippen molar-refractivity contribution in [1.82, 2.24) is 20.3 Å². The van der Waals surface area contributed by atoms with Crippen molar-refractivity contribution in [2.75, 3.05) is 23.7 Å². The second-order valence-electron chi connectivity index (χ2n) is 17.5. The molecule has 1 saturated heterocycles. The summed E-state index contributed by atoms with van der Waals surface area (Å²) < 4.78 is 9.91. The number of carboxylic acid groups (broad SMARTS) is 2. The molecule has 4 aromatic carbocycles. The van der Waals surface area contributed by atoms with Crippen molar-refractivity contribution in [2.45, 2.75) is 78.7 Å². The fraction of sp³-hybridized carbons (Fsp3) is 0.308. The Balaban J connectivity index is 0.000000222. The molecule has 0 radical (unpaired) electrons. The van der Waals surface area contributed by atoms with Crippen molar-refractivity contribution in [3.05, 3.63) is 138 Å². The second kappa shape index (κ2) is 29.7. The fourth-order valence-corrected chi connectivity index (χ4v) is 9.67. The standard InChI is InChI=1S/C24H25Cl2N3O4S.C16H19Cl2N3O2S.C12H11NO5/c1-14(2)10-20-21(16-8-9-17(25)18(26)11-16)29-23(34-20)27-12-19(22(30)31)28-24(32)33-13-15-6-4-3-5-7-15;1-8(2)5-13-14(9-3-4-10(17)11(18)6-9)21-16(24-13)20-7-12(19)15(22)23;14-10-6-7-11(15)13(10)18-12(16)17-8-9-4-2-1-3-5-9/h3-9,11,14,19H,10,12-13H2,1-2H3,(H,27,29)(H,28,32)(H,30,31);3-4,6,8,12H,5,7,19H2,1-2H3,(H,20,21)(H,22,23);1-5H,6-8H2. The summed E-state index contributed by atoms with van der Waals surface area (Å²) in [6.45, 7) is 8.60. The molecule has 6 aromatic rings. The number of benzene rings is 4. The Morgan fingerprint density at radius 1 is 0.645 bits per heavy atom. The van der Waals surface area contributed by atoms with Crippen LogP contribution in [0.3, 0.4) is 0 Å². The molecular weight excluding hydrogens is 1100 g/mol. The minimum atomic E-state index is -1.20. The second-order valence-corrected chi connectivity index (χ2v) is 21.3. The molecule has 0 bridgehead atoms. The number of nitrogens with zero attached hydrogens (tertiary/aromatic N) is 3. The highest BCUT2D eigenvalue weighted by atomic mass is 35.5. The van der Waals surface area contributed by atoms with Gasteiger partial charge in [-0.2, -0.15) is 0 Å². The van der Waals surface area contributed by atoms with Crippen LogP contribution in [0.4, 0.5) is 19.9 Å².